The Morgan fingerprint density at radius 1 is 1.28 bits per heavy atom. The lowest BCUT2D eigenvalue weighted by Crippen LogP contribution is -2.63. The van der Waals surface area contributed by atoms with E-state index in [0.29, 0.717) is 12.3 Å². The molecule has 2 aliphatic rings. The molecule has 2 N–H and O–H groups in total. The molecule has 2 aliphatic carbocycles. The van der Waals surface area contributed by atoms with Gasteiger partial charge in [0.25, 0.3) is 0 Å². The number of carbonyl (C=O) groups is 1. The van der Waals surface area contributed by atoms with Crippen molar-refractivity contribution in [3.05, 3.63) is 0 Å². The lowest BCUT2D eigenvalue weighted by atomic mass is 9.46. The number of aliphatic hydroxyl groups excluding tert-OH is 1. The van der Waals surface area contributed by atoms with Crippen LogP contribution in [0.25, 0.3) is 0 Å². The van der Waals surface area contributed by atoms with Gasteiger partial charge in [-0.05, 0) is 30.6 Å². The van der Waals surface area contributed by atoms with E-state index in [0.717, 1.165) is 25.7 Å². The van der Waals surface area contributed by atoms with Crippen LogP contribution in [0.15, 0.2) is 0 Å². The Morgan fingerprint density at radius 2 is 1.94 bits per heavy atom. The number of rotatable bonds is 2. The normalized spacial score (nSPS) is 43.6. The smallest absolute Gasteiger partial charge is 0.165 e. The molecule has 0 heterocycles. The molecular weight excluding hydrogens is 228 g/mol. The zero-order valence-corrected chi connectivity index (χ0v) is 11.8. The highest BCUT2D eigenvalue weighted by Crippen LogP contribution is 2.60. The molecule has 0 unspecified atom stereocenters. The first-order valence-corrected chi connectivity index (χ1v) is 7.14. The zero-order chi connectivity index (χ0) is 13.6. The van der Waals surface area contributed by atoms with E-state index in [1.165, 1.54) is 0 Å². The number of ketones is 1. The molecule has 2 saturated carbocycles. The highest BCUT2D eigenvalue weighted by molar-refractivity contribution is 5.89. The van der Waals surface area contributed by atoms with E-state index >= 15 is 0 Å². The molecule has 3 atom stereocenters. The van der Waals surface area contributed by atoms with Gasteiger partial charge >= 0.3 is 0 Å². The minimum atomic E-state index is -1.32. The standard InChI is InChI=1S/C15H26O3/c1-13(2)7-4-8-14(3)11(13)5-6-12(17)15(14,18)9-10-16/h11,16,18H,4-10H2,1-3H3/t11-,14-,15-/m0/s1. The fourth-order valence-corrected chi connectivity index (χ4v) is 4.71. The van der Waals surface area contributed by atoms with Gasteiger partial charge in [0.1, 0.15) is 5.60 Å². The first-order valence-electron chi connectivity index (χ1n) is 7.14. The Bertz CT molecular complexity index is 350. The maximum atomic E-state index is 12.2. The minimum absolute atomic E-state index is 0.0620. The third-order valence-corrected chi connectivity index (χ3v) is 5.77. The number of fused-ring (bicyclic) bond motifs is 1. The van der Waals surface area contributed by atoms with Crippen molar-refractivity contribution < 1.29 is 15.0 Å². The molecule has 3 nitrogen and oxygen atoms in total. The molecule has 0 aromatic heterocycles. The van der Waals surface area contributed by atoms with Crippen LogP contribution in [0.5, 0.6) is 0 Å². The topological polar surface area (TPSA) is 57.5 Å². The van der Waals surface area contributed by atoms with Crippen molar-refractivity contribution >= 4 is 5.78 Å². The number of hydrogen-bond donors (Lipinski definition) is 2. The first kappa shape index (κ1) is 14.0. The number of carbonyl (C=O) groups excluding carboxylic acids is 1. The van der Waals surface area contributed by atoms with Gasteiger partial charge in [0.2, 0.25) is 0 Å². The van der Waals surface area contributed by atoms with Crippen molar-refractivity contribution in [1.29, 1.82) is 0 Å². The van der Waals surface area contributed by atoms with Gasteiger partial charge in [-0.2, -0.15) is 0 Å². The quantitative estimate of drug-likeness (QED) is 0.795. The second-order valence-corrected chi connectivity index (χ2v) is 7.11. The van der Waals surface area contributed by atoms with Crippen LogP contribution in [0.2, 0.25) is 0 Å². The monoisotopic (exact) mass is 254 g/mol. The largest absolute Gasteiger partial charge is 0.396 e. The number of Topliss-reactive ketones (excluding diaryl/α,β-unsaturated/α-hetero) is 1. The Labute approximate surface area is 110 Å². The summed E-state index contributed by atoms with van der Waals surface area (Å²) in [5, 5.41) is 20.1. The maximum Gasteiger partial charge on any atom is 0.165 e. The molecule has 0 aliphatic heterocycles. The van der Waals surface area contributed by atoms with Gasteiger partial charge in [-0.15, -0.1) is 0 Å². The predicted molar refractivity (Wildman–Crippen MR) is 70.1 cm³/mol. The summed E-state index contributed by atoms with van der Waals surface area (Å²) in [6, 6.07) is 0. The van der Waals surface area contributed by atoms with Crippen LogP contribution in [-0.4, -0.2) is 28.2 Å². The zero-order valence-electron chi connectivity index (χ0n) is 11.8. The average Bonchev–Trinajstić information content (AvgIpc) is 2.25. The molecule has 0 saturated heterocycles. The molecule has 3 heteroatoms. The molecule has 2 rings (SSSR count). The Balaban J connectivity index is 2.43. The van der Waals surface area contributed by atoms with E-state index in [9.17, 15) is 15.0 Å². The van der Waals surface area contributed by atoms with Gasteiger partial charge in [0.05, 0.1) is 0 Å². The van der Waals surface area contributed by atoms with Crippen molar-refractivity contribution in [2.45, 2.75) is 64.9 Å². The maximum absolute atomic E-state index is 12.2. The average molecular weight is 254 g/mol. The highest BCUT2D eigenvalue weighted by Gasteiger charge is 2.62. The van der Waals surface area contributed by atoms with Crippen LogP contribution < -0.4 is 0 Å². The summed E-state index contributed by atoms with van der Waals surface area (Å²) >= 11 is 0. The molecule has 0 radical (unpaired) electrons. The second kappa shape index (κ2) is 4.31. The summed E-state index contributed by atoms with van der Waals surface area (Å²) in [6.45, 7) is 6.45. The van der Waals surface area contributed by atoms with Gasteiger partial charge in [0.15, 0.2) is 5.78 Å². The van der Waals surface area contributed by atoms with E-state index in [4.69, 9.17) is 0 Å². The molecule has 2 fully saturated rings. The van der Waals surface area contributed by atoms with Crippen molar-refractivity contribution in [2.75, 3.05) is 6.61 Å². The summed E-state index contributed by atoms with van der Waals surface area (Å²) in [7, 11) is 0. The fraction of sp³-hybridized carbons (Fsp3) is 0.933. The summed E-state index contributed by atoms with van der Waals surface area (Å²) in [5.41, 5.74) is -1.51. The van der Waals surface area contributed by atoms with Gasteiger partial charge in [-0.1, -0.05) is 27.2 Å². The third-order valence-electron chi connectivity index (χ3n) is 5.77. The molecule has 0 aromatic carbocycles. The molecule has 104 valence electrons. The van der Waals surface area contributed by atoms with Crippen LogP contribution in [0.4, 0.5) is 0 Å². The van der Waals surface area contributed by atoms with E-state index in [1.54, 1.807) is 0 Å². The summed E-state index contributed by atoms with van der Waals surface area (Å²) in [6.07, 6.45) is 4.65. The van der Waals surface area contributed by atoms with Crippen LogP contribution >= 0.6 is 0 Å². The van der Waals surface area contributed by atoms with Gasteiger partial charge < -0.3 is 10.2 Å². The van der Waals surface area contributed by atoms with Crippen molar-refractivity contribution in [1.82, 2.24) is 0 Å². The predicted octanol–water partition coefficient (Wildman–Crippen LogP) is 2.30. The lowest BCUT2D eigenvalue weighted by Gasteiger charge is -2.59. The van der Waals surface area contributed by atoms with Crippen molar-refractivity contribution in [3.8, 4) is 0 Å². The van der Waals surface area contributed by atoms with Gasteiger partial charge in [0, 0.05) is 24.9 Å². The second-order valence-electron chi connectivity index (χ2n) is 7.11. The summed E-state index contributed by atoms with van der Waals surface area (Å²) < 4.78 is 0. The molecule has 18 heavy (non-hydrogen) atoms. The minimum Gasteiger partial charge on any atom is -0.396 e. The summed E-state index contributed by atoms with van der Waals surface area (Å²) in [5.74, 6) is 0.306. The van der Waals surface area contributed by atoms with E-state index in [2.05, 4.69) is 20.8 Å². The van der Waals surface area contributed by atoms with Gasteiger partial charge in [-0.3, -0.25) is 4.79 Å². The number of hydrogen-bond acceptors (Lipinski definition) is 3. The SMILES string of the molecule is CC1(C)CCC[C@@]2(C)[C@H]1CCC(=O)[C@@]2(O)CCO. The summed E-state index contributed by atoms with van der Waals surface area (Å²) in [4.78, 5) is 12.2. The molecule has 0 spiro atoms. The third kappa shape index (κ3) is 1.75. The molecule has 0 bridgehead atoms. The lowest BCUT2D eigenvalue weighted by molar-refractivity contribution is -0.193. The van der Waals surface area contributed by atoms with Crippen LogP contribution in [0, 0.1) is 16.7 Å². The van der Waals surface area contributed by atoms with Gasteiger partial charge in [-0.25, -0.2) is 0 Å². The Kier molecular flexibility index (Phi) is 3.35. The Hall–Kier alpha value is -0.410. The molecular formula is C15H26O3. The van der Waals surface area contributed by atoms with Crippen LogP contribution in [-0.2, 0) is 4.79 Å². The van der Waals surface area contributed by atoms with Crippen molar-refractivity contribution in [2.24, 2.45) is 16.7 Å². The fourth-order valence-electron chi connectivity index (χ4n) is 4.71. The van der Waals surface area contributed by atoms with E-state index < -0.39 is 5.60 Å². The molecule has 0 aromatic rings. The van der Waals surface area contributed by atoms with E-state index in [-0.39, 0.29) is 29.6 Å². The highest BCUT2D eigenvalue weighted by atomic mass is 16.3. The van der Waals surface area contributed by atoms with Crippen LogP contribution in [0.3, 0.4) is 0 Å². The molecule has 0 amide bonds. The van der Waals surface area contributed by atoms with E-state index in [1.807, 2.05) is 0 Å². The van der Waals surface area contributed by atoms with Crippen molar-refractivity contribution in [3.63, 3.8) is 0 Å². The first-order chi connectivity index (χ1) is 8.28. The Morgan fingerprint density at radius 3 is 2.56 bits per heavy atom. The van der Waals surface area contributed by atoms with Crippen LogP contribution in [0.1, 0.15) is 59.3 Å². The number of aliphatic hydroxyl groups is 2.